The van der Waals surface area contributed by atoms with E-state index in [1.165, 1.54) is 33.0 Å². The third-order valence-electron chi connectivity index (χ3n) is 14.7. The summed E-state index contributed by atoms with van der Waals surface area (Å²) in [7, 11) is 0. The van der Waals surface area contributed by atoms with E-state index in [2.05, 4.69) is 62.5 Å². The minimum absolute atomic E-state index is 0.0858. The fourth-order valence-electron chi connectivity index (χ4n) is 11.3. The summed E-state index contributed by atoms with van der Waals surface area (Å²) in [6, 6.07) is 0. The number of anilines is 4. The Labute approximate surface area is 412 Å². The molecule has 2 N–H and O–H groups in total. The first-order valence-corrected chi connectivity index (χ1v) is 26.8. The van der Waals surface area contributed by atoms with Crippen LogP contribution in [0.4, 0.5) is 23.3 Å². The Morgan fingerprint density at radius 3 is 1.58 bits per heavy atom. The van der Waals surface area contributed by atoms with Crippen LogP contribution in [0.25, 0.3) is 40.9 Å². The molecular weight excluding hydrogens is 913 g/mol. The van der Waals surface area contributed by atoms with Gasteiger partial charge in [-0.2, -0.15) is 0 Å². The average Bonchev–Trinajstić information content (AvgIpc) is 4.12. The standard InChI is InChI=1S/C26H36N6O3S.C24H32N6O2S/c1-26(2)15-18-19(16-26)23(32-8-13-35-14-9-32)29-25-20(18)21-22(36-25)24(28-17-27-21)31(5-10-33)4-3-30-6-11-34-12-7-30;1-24(2)13-16-17(14-24)22(30-7-11-32-12-8-30)28-23-18(16)19-20(33-23)21(27-15-26-19)25-3-4-29-5-9-31-10-6-29/h17,33H,3-16H2,1-2H3;15H,3-14H2,1-2H3,(H,25,26,27). The van der Waals surface area contributed by atoms with Crippen molar-refractivity contribution in [2.75, 3.05) is 165 Å². The van der Waals surface area contributed by atoms with Crippen LogP contribution in [0.5, 0.6) is 0 Å². The van der Waals surface area contributed by atoms with Gasteiger partial charge in [0.05, 0.1) is 79.9 Å². The third-order valence-corrected chi connectivity index (χ3v) is 16.8. The molecule has 0 amide bonds. The summed E-state index contributed by atoms with van der Waals surface area (Å²) in [5.74, 6) is 4.12. The van der Waals surface area contributed by atoms with Crippen molar-refractivity contribution in [3.8, 4) is 0 Å². The minimum atomic E-state index is 0.0858. The van der Waals surface area contributed by atoms with Gasteiger partial charge in [0.1, 0.15) is 45.6 Å². The SMILES string of the molecule is CC1(C)Cc2c(N3CCOCC3)nc3sc4c(N(CCO)CCN5CCOCC5)ncnc4c3c2C1.CC1(C)Cc2c(N3CCOCC3)nc3sc4c(NCCN5CCOCC5)ncnc4c3c2C1. The number of hydrogen-bond donors (Lipinski definition) is 2. The summed E-state index contributed by atoms with van der Waals surface area (Å²) >= 11 is 3.43. The third kappa shape index (κ3) is 9.79. The van der Waals surface area contributed by atoms with Gasteiger partial charge in [0, 0.05) is 95.9 Å². The number of nitrogens with zero attached hydrogens (tertiary/aromatic N) is 11. The zero-order chi connectivity index (χ0) is 47.1. The molecule has 0 spiro atoms. The molecule has 0 radical (unpaired) electrons. The first-order chi connectivity index (χ1) is 33.6. The Bertz CT molecular complexity index is 2780. The lowest BCUT2D eigenvalue weighted by Crippen LogP contribution is -2.42. The Morgan fingerprint density at radius 2 is 1.04 bits per heavy atom. The number of ether oxygens (including phenoxy) is 4. The topological polar surface area (TPSA) is 163 Å². The van der Waals surface area contributed by atoms with Crippen molar-refractivity contribution in [3.05, 3.63) is 34.9 Å². The summed E-state index contributed by atoms with van der Waals surface area (Å²) < 4.78 is 24.4. The van der Waals surface area contributed by atoms with Gasteiger partial charge < -0.3 is 44.1 Å². The van der Waals surface area contributed by atoms with Gasteiger partial charge in [-0.1, -0.05) is 27.7 Å². The molecule has 2 aliphatic carbocycles. The zero-order valence-corrected chi connectivity index (χ0v) is 42.5. The molecule has 6 aromatic heterocycles. The van der Waals surface area contributed by atoms with Crippen molar-refractivity contribution in [2.45, 2.75) is 53.4 Å². The Hall–Kier alpha value is -4.18. The molecule has 19 heteroatoms. The number of rotatable bonds is 12. The van der Waals surface area contributed by atoms with Gasteiger partial charge in [0.15, 0.2) is 0 Å². The maximum absolute atomic E-state index is 9.87. The molecule has 6 aliphatic rings. The van der Waals surface area contributed by atoms with Gasteiger partial charge >= 0.3 is 0 Å². The molecule has 17 nitrogen and oxygen atoms in total. The van der Waals surface area contributed by atoms with Gasteiger partial charge in [0.2, 0.25) is 0 Å². The molecule has 0 bridgehead atoms. The highest BCUT2D eigenvalue weighted by atomic mass is 32.1. The molecule has 0 aromatic carbocycles. The number of hydrogen-bond acceptors (Lipinski definition) is 19. The van der Waals surface area contributed by atoms with Crippen molar-refractivity contribution in [1.29, 1.82) is 0 Å². The predicted molar refractivity (Wildman–Crippen MR) is 276 cm³/mol. The molecule has 4 fully saturated rings. The molecule has 12 rings (SSSR count). The van der Waals surface area contributed by atoms with Gasteiger partial charge in [-0.05, 0) is 58.8 Å². The smallest absolute Gasteiger partial charge is 0.150 e. The molecule has 370 valence electrons. The average molecular weight is 981 g/mol. The molecule has 69 heavy (non-hydrogen) atoms. The lowest BCUT2D eigenvalue weighted by atomic mass is 9.90. The second-order valence-corrected chi connectivity index (χ2v) is 22.9. The zero-order valence-electron chi connectivity index (χ0n) is 40.9. The number of nitrogens with one attached hydrogen (secondary N) is 1. The van der Waals surface area contributed by atoms with E-state index in [0.29, 0.717) is 6.54 Å². The highest BCUT2D eigenvalue weighted by molar-refractivity contribution is 7.26. The summed E-state index contributed by atoms with van der Waals surface area (Å²) in [5.41, 5.74) is 8.13. The monoisotopic (exact) mass is 980 g/mol. The number of pyridine rings is 2. The predicted octanol–water partition coefficient (Wildman–Crippen LogP) is 5.28. The van der Waals surface area contributed by atoms with Gasteiger partial charge in [-0.3, -0.25) is 9.80 Å². The van der Waals surface area contributed by atoms with Gasteiger partial charge in [0.25, 0.3) is 0 Å². The molecule has 6 aromatic rings. The Balaban J connectivity index is 0.000000151. The van der Waals surface area contributed by atoms with E-state index in [9.17, 15) is 5.11 Å². The Morgan fingerprint density at radius 1 is 0.580 bits per heavy atom. The van der Waals surface area contributed by atoms with Crippen LogP contribution in [0.1, 0.15) is 49.9 Å². The number of aliphatic hydroxyl groups excluding tert-OH is 1. The fraction of sp³-hybridized carbons (Fsp3) is 0.640. The van der Waals surface area contributed by atoms with Crippen LogP contribution in [-0.4, -0.2) is 189 Å². The van der Waals surface area contributed by atoms with E-state index in [1.807, 2.05) is 0 Å². The van der Waals surface area contributed by atoms with E-state index in [0.717, 1.165) is 210 Å². The lowest BCUT2D eigenvalue weighted by Gasteiger charge is -2.30. The van der Waals surface area contributed by atoms with Gasteiger partial charge in [-0.15, -0.1) is 22.7 Å². The summed E-state index contributed by atoms with van der Waals surface area (Å²) in [5, 5.41) is 15.9. The van der Waals surface area contributed by atoms with Crippen molar-refractivity contribution in [2.24, 2.45) is 10.8 Å². The maximum Gasteiger partial charge on any atom is 0.150 e. The van der Waals surface area contributed by atoms with E-state index in [-0.39, 0.29) is 17.4 Å². The lowest BCUT2D eigenvalue weighted by molar-refractivity contribution is 0.0391. The molecule has 0 saturated carbocycles. The highest BCUT2D eigenvalue weighted by Crippen LogP contribution is 2.50. The van der Waals surface area contributed by atoms with Crippen LogP contribution in [0, 0.1) is 10.8 Å². The number of aliphatic hydroxyl groups is 1. The number of fused-ring (bicyclic) bond motifs is 10. The van der Waals surface area contributed by atoms with Crippen LogP contribution in [0.15, 0.2) is 12.7 Å². The summed E-state index contributed by atoms with van der Waals surface area (Å²) in [6.45, 7) is 27.4. The van der Waals surface area contributed by atoms with Crippen molar-refractivity contribution >= 4 is 86.8 Å². The highest BCUT2D eigenvalue weighted by Gasteiger charge is 2.38. The van der Waals surface area contributed by atoms with Crippen LogP contribution < -0.4 is 20.0 Å². The number of morpholine rings is 4. The number of aromatic nitrogens is 6. The molecular formula is C50H68N12O5S2. The second kappa shape index (κ2) is 20.1. The quantitative estimate of drug-likeness (QED) is 0.163. The van der Waals surface area contributed by atoms with E-state index < -0.39 is 0 Å². The van der Waals surface area contributed by atoms with Crippen molar-refractivity contribution in [1.82, 2.24) is 39.7 Å². The summed E-state index contributed by atoms with van der Waals surface area (Å²) in [4.78, 5) is 43.4. The van der Waals surface area contributed by atoms with Crippen LogP contribution >= 0.6 is 22.7 Å². The minimum Gasteiger partial charge on any atom is -0.395 e. The van der Waals surface area contributed by atoms with Crippen molar-refractivity contribution in [3.63, 3.8) is 0 Å². The van der Waals surface area contributed by atoms with Crippen LogP contribution in [0.2, 0.25) is 0 Å². The number of thiophene rings is 2. The van der Waals surface area contributed by atoms with Crippen molar-refractivity contribution < 1.29 is 24.1 Å². The Kier molecular flexibility index (Phi) is 13.8. The van der Waals surface area contributed by atoms with Crippen LogP contribution in [-0.2, 0) is 44.6 Å². The summed E-state index contributed by atoms with van der Waals surface area (Å²) in [6.07, 6.45) is 7.57. The van der Waals surface area contributed by atoms with E-state index in [1.54, 1.807) is 35.3 Å². The molecule has 10 heterocycles. The largest absolute Gasteiger partial charge is 0.395 e. The first-order valence-electron chi connectivity index (χ1n) is 25.2. The normalized spacial score (nSPS) is 20.7. The maximum atomic E-state index is 9.87. The second-order valence-electron chi connectivity index (χ2n) is 20.9. The molecule has 4 aliphatic heterocycles. The van der Waals surface area contributed by atoms with Gasteiger partial charge in [-0.25, -0.2) is 29.9 Å². The van der Waals surface area contributed by atoms with E-state index in [4.69, 9.17) is 43.9 Å². The molecule has 4 saturated heterocycles. The van der Waals surface area contributed by atoms with Crippen LogP contribution in [0.3, 0.4) is 0 Å². The fourth-order valence-corrected chi connectivity index (χ4v) is 13.6. The molecule has 0 atom stereocenters. The molecule has 0 unspecified atom stereocenters. The van der Waals surface area contributed by atoms with E-state index >= 15 is 0 Å². The first kappa shape index (κ1) is 47.2.